The number of aromatic nitrogens is 1. The molecule has 0 bridgehead atoms. The molecule has 3 N–H and O–H groups in total. The van der Waals surface area contributed by atoms with Crippen LogP contribution in [0.25, 0.3) is 11.0 Å². The topological polar surface area (TPSA) is 98.2 Å². The second-order valence-corrected chi connectivity index (χ2v) is 4.61. The van der Waals surface area contributed by atoms with E-state index in [9.17, 15) is 9.59 Å². The van der Waals surface area contributed by atoms with Gasteiger partial charge in [-0.25, -0.2) is 0 Å². The Labute approximate surface area is 121 Å². The standard InChI is InChI=1S/C13H13N3O3.ClH/c14-6-7-1-2-8-10(5-7)19-16-12(8)9-3-4-11(17)15-13(9)18;/h1-2,5,9H,3-4,6,14H2,(H,15,17,18);1H. The lowest BCUT2D eigenvalue weighted by atomic mass is 9.92. The van der Waals surface area contributed by atoms with E-state index in [0.29, 0.717) is 30.7 Å². The third-order valence-corrected chi connectivity index (χ3v) is 3.37. The summed E-state index contributed by atoms with van der Waals surface area (Å²) in [6, 6.07) is 5.56. The molecule has 2 heterocycles. The molecule has 2 aromatic rings. The van der Waals surface area contributed by atoms with Gasteiger partial charge in [0.2, 0.25) is 11.8 Å². The summed E-state index contributed by atoms with van der Waals surface area (Å²) in [4.78, 5) is 23.0. The van der Waals surface area contributed by atoms with Gasteiger partial charge in [0.05, 0.1) is 5.92 Å². The van der Waals surface area contributed by atoms with E-state index in [4.69, 9.17) is 10.3 Å². The summed E-state index contributed by atoms with van der Waals surface area (Å²) >= 11 is 0. The van der Waals surface area contributed by atoms with Gasteiger partial charge in [-0.3, -0.25) is 14.9 Å². The van der Waals surface area contributed by atoms with E-state index >= 15 is 0 Å². The maximum Gasteiger partial charge on any atom is 0.235 e. The summed E-state index contributed by atoms with van der Waals surface area (Å²) in [7, 11) is 0. The predicted molar refractivity (Wildman–Crippen MR) is 74.3 cm³/mol. The highest BCUT2D eigenvalue weighted by molar-refractivity contribution is 6.02. The zero-order valence-electron chi connectivity index (χ0n) is 10.6. The first-order valence-electron chi connectivity index (χ1n) is 6.11. The van der Waals surface area contributed by atoms with Crippen molar-refractivity contribution in [3.63, 3.8) is 0 Å². The van der Waals surface area contributed by atoms with Gasteiger partial charge in [-0.15, -0.1) is 12.4 Å². The number of nitrogens with two attached hydrogens (primary N) is 1. The Morgan fingerprint density at radius 2 is 2.20 bits per heavy atom. The number of imide groups is 1. The van der Waals surface area contributed by atoms with E-state index in [1.54, 1.807) is 0 Å². The minimum Gasteiger partial charge on any atom is -0.356 e. The van der Waals surface area contributed by atoms with Gasteiger partial charge in [-0.2, -0.15) is 0 Å². The van der Waals surface area contributed by atoms with Crippen LogP contribution < -0.4 is 11.1 Å². The number of carbonyl (C=O) groups is 2. The molecule has 1 aliphatic rings. The summed E-state index contributed by atoms with van der Waals surface area (Å²) in [5, 5.41) is 7.11. The summed E-state index contributed by atoms with van der Waals surface area (Å²) in [6.45, 7) is 0.421. The molecule has 1 fully saturated rings. The van der Waals surface area contributed by atoms with E-state index in [1.165, 1.54) is 0 Å². The van der Waals surface area contributed by atoms with Crippen molar-refractivity contribution in [1.29, 1.82) is 0 Å². The molecule has 1 aromatic carbocycles. The van der Waals surface area contributed by atoms with Crippen LogP contribution >= 0.6 is 12.4 Å². The van der Waals surface area contributed by atoms with Crippen molar-refractivity contribution in [3.05, 3.63) is 29.5 Å². The van der Waals surface area contributed by atoms with E-state index in [2.05, 4.69) is 10.5 Å². The maximum absolute atomic E-state index is 11.8. The molecule has 6 nitrogen and oxygen atoms in total. The summed E-state index contributed by atoms with van der Waals surface area (Å²) < 4.78 is 5.25. The van der Waals surface area contributed by atoms with Gasteiger partial charge in [-0.05, 0) is 24.1 Å². The SMILES string of the molecule is Cl.NCc1ccc2c(C3CCC(=O)NC3=O)noc2c1. The van der Waals surface area contributed by atoms with E-state index in [1.807, 2.05) is 18.2 Å². The highest BCUT2D eigenvalue weighted by Gasteiger charge is 2.31. The van der Waals surface area contributed by atoms with Crippen molar-refractivity contribution in [2.45, 2.75) is 25.3 Å². The number of rotatable bonds is 2. The van der Waals surface area contributed by atoms with Crippen LogP contribution in [0.2, 0.25) is 0 Å². The van der Waals surface area contributed by atoms with Crippen molar-refractivity contribution in [3.8, 4) is 0 Å². The van der Waals surface area contributed by atoms with Crippen molar-refractivity contribution in [1.82, 2.24) is 10.5 Å². The van der Waals surface area contributed by atoms with Crippen LogP contribution in [-0.4, -0.2) is 17.0 Å². The van der Waals surface area contributed by atoms with Crippen LogP contribution in [0.3, 0.4) is 0 Å². The fourth-order valence-electron chi connectivity index (χ4n) is 2.33. The number of carbonyl (C=O) groups excluding carboxylic acids is 2. The number of hydrogen-bond donors (Lipinski definition) is 2. The van der Waals surface area contributed by atoms with Crippen LogP contribution in [0.4, 0.5) is 0 Å². The van der Waals surface area contributed by atoms with Crippen LogP contribution in [-0.2, 0) is 16.1 Å². The zero-order chi connectivity index (χ0) is 13.4. The number of fused-ring (bicyclic) bond motifs is 1. The predicted octanol–water partition coefficient (Wildman–Crippen LogP) is 1.23. The molecule has 1 atom stereocenters. The molecule has 3 rings (SSSR count). The third kappa shape index (κ3) is 2.39. The molecule has 0 aliphatic carbocycles. The van der Waals surface area contributed by atoms with E-state index in [-0.39, 0.29) is 24.2 Å². The van der Waals surface area contributed by atoms with E-state index < -0.39 is 5.92 Å². The molecular formula is C13H14ClN3O3. The third-order valence-electron chi connectivity index (χ3n) is 3.37. The fraction of sp³-hybridized carbons (Fsp3) is 0.308. The molecule has 1 saturated heterocycles. The Kier molecular flexibility index (Phi) is 4.06. The van der Waals surface area contributed by atoms with Gasteiger partial charge >= 0.3 is 0 Å². The Morgan fingerprint density at radius 3 is 2.90 bits per heavy atom. The van der Waals surface area contributed by atoms with Crippen molar-refractivity contribution < 1.29 is 14.1 Å². The molecule has 20 heavy (non-hydrogen) atoms. The Hall–Kier alpha value is -1.92. The lowest BCUT2D eigenvalue weighted by Crippen LogP contribution is -2.39. The van der Waals surface area contributed by atoms with Gasteiger partial charge < -0.3 is 10.3 Å². The first-order valence-corrected chi connectivity index (χ1v) is 6.11. The monoisotopic (exact) mass is 295 g/mol. The summed E-state index contributed by atoms with van der Waals surface area (Å²) in [6.07, 6.45) is 0.788. The van der Waals surface area contributed by atoms with Gasteiger partial charge in [0, 0.05) is 18.4 Å². The average molecular weight is 296 g/mol. The number of halogens is 1. The van der Waals surface area contributed by atoms with Gasteiger partial charge in [0.1, 0.15) is 5.69 Å². The zero-order valence-corrected chi connectivity index (χ0v) is 11.4. The van der Waals surface area contributed by atoms with E-state index in [0.717, 1.165) is 10.9 Å². The minimum atomic E-state index is -0.428. The molecule has 0 spiro atoms. The lowest BCUT2D eigenvalue weighted by molar-refractivity contribution is -0.134. The molecule has 7 heteroatoms. The number of nitrogens with zero attached hydrogens (tertiary/aromatic N) is 1. The number of benzene rings is 1. The number of amides is 2. The lowest BCUT2D eigenvalue weighted by Gasteiger charge is -2.18. The summed E-state index contributed by atoms with van der Waals surface area (Å²) in [5.41, 5.74) is 7.71. The first kappa shape index (κ1) is 14.5. The quantitative estimate of drug-likeness (QED) is 0.812. The molecule has 2 amide bonds. The molecular weight excluding hydrogens is 282 g/mol. The molecule has 106 valence electrons. The van der Waals surface area contributed by atoms with Crippen LogP contribution in [0.15, 0.2) is 22.7 Å². The highest BCUT2D eigenvalue weighted by atomic mass is 35.5. The Morgan fingerprint density at radius 1 is 1.40 bits per heavy atom. The van der Waals surface area contributed by atoms with Crippen LogP contribution in [0, 0.1) is 0 Å². The normalized spacial score (nSPS) is 18.8. The Bertz CT molecular complexity index is 668. The first-order chi connectivity index (χ1) is 9.19. The van der Waals surface area contributed by atoms with Gasteiger partial charge in [-0.1, -0.05) is 11.2 Å². The number of nitrogens with one attached hydrogen (secondary N) is 1. The smallest absolute Gasteiger partial charge is 0.235 e. The van der Waals surface area contributed by atoms with Gasteiger partial charge in [0.25, 0.3) is 0 Å². The fourth-order valence-corrected chi connectivity index (χ4v) is 2.33. The average Bonchev–Trinajstić information content (AvgIpc) is 2.81. The van der Waals surface area contributed by atoms with Crippen molar-refractivity contribution >= 4 is 35.2 Å². The minimum absolute atomic E-state index is 0. The molecule has 0 radical (unpaired) electrons. The summed E-state index contributed by atoms with van der Waals surface area (Å²) in [5.74, 6) is -0.975. The molecule has 1 aliphatic heterocycles. The van der Waals surface area contributed by atoms with Gasteiger partial charge in [0.15, 0.2) is 5.58 Å². The second kappa shape index (κ2) is 5.60. The molecule has 0 saturated carbocycles. The molecule has 1 unspecified atom stereocenters. The Balaban J connectivity index is 0.00000147. The van der Waals surface area contributed by atoms with Crippen molar-refractivity contribution in [2.24, 2.45) is 5.73 Å². The van der Waals surface area contributed by atoms with Crippen molar-refractivity contribution in [2.75, 3.05) is 0 Å². The van der Waals surface area contributed by atoms with Crippen LogP contribution in [0.5, 0.6) is 0 Å². The van der Waals surface area contributed by atoms with Crippen LogP contribution in [0.1, 0.15) is 30.0 Å². The maximum atomic E-state index is 11.8. The second-order valence-electron chi connectivity index (χ2n) is 4.61. The number of hydrogen-bond acceptors (Lipinski definition) is 5. The highest BCUT2D eigenvalue weighted by Crippen LogP contribution is 2.30. The number of piperidine rings is 1. The largest absolute Gasteiger partial charge is 0.356 e. The molecule has 1 aromatic heterocycles.